The number of esters is 1. The molecule has 3 nitrogen and oxygen atoms in total. The van der Waals surface area contributed by atoms with Crippen LogP contribution < -0.4 is 0 Å². The van der Waals surface area contributed by atoms with Crippen LogP contribution in [0.2, 0.25) is 0 Å². The molecule has 0 aliphatic heterocycles. The third-order valence-electron chi connectivity index (χ3n) is 2.29. The number of hydrogen-bond donors (Lipinski definition) is 0. The van der Waals surface area contributed by atoms with E-state index < -0.39 is 0 Å². The van der Waals surface area contributed by atoms with E-state index in [1.165, 1.54) is 7.11 Å². The van der Waals surface area contributed by atoms with Crippen LogP contribution in [0, 0.1) is 5.92 Å². The van der Waals surface area contributed by atoms with Crippen molar-refractivity contribution < 1.29 is 14.3 Å². The first-order valence-corrected chi connectivity index (χ1v) is 6.01. The molecule has 0 aliphatic rings. The molecule has 0 fully saturated rings. The Morgan fingerprint density at radius 2 is 2.07 bits per heavy atom. The van der Waals surface area contributed by atoms with Crippen LogP contribution >= 0.6 is 11.6 Å². The Labute approximate surface area is 97.1 Å². The predicted octanol–water partition coefficient (Wildman–Crippen LogP) is 2.61. The van der Waals surface area contributed by atoms with Crippen molar-refractivity contribution in [3.63, 3.8) is 0 Å². The fourth-order valence-corrected chi connectivity index (χ4v) is 1.59. The van der Waals surface area contributed by atoms with E-state index >= 15 is 0 Å². The van der Waals surface area contributed by atoms with Crippen molar-refractivity contribution in [2.24, 2.45) is 5.92 Å². The normalized spacial score (nSPS) is 12.5. The van der Waals surface area contributed by atoms with Crippen LogP contribution in [0.1, 0.15) is 32.6 Å². The molecule has 0 amide bonds. The van der Waals surface area contributed by atoms with E-state index in [4.69, 9.17) is 21.1 Å². The lowest BCUT2D eigenvalue weighted by Crippen LogP contribution is -2.18. The summed E-state index contributed by atoms with van der Waals surface area (Å²) in [4.78, 5) is 11.4. The molecule has 0 saturated carbocycles. The summed E-state index contributed by atoms with van der Waals surface area (Å²) < 4.78 is 9.98. The lowest BCUT2D eigenvalue weighted by molar-refractivity contribution is -0.146. The summed E-state index contributed by atoms with van der Waals surface area (Å²) in [6, 6.07) is 0. The topological polar surface area (TPSA) is 35.5 Å². The van der Waals surface area contributed by atoms with Crippen LogP contribution in [0.15, 0.2) is 0 Å². The summed E-state index contributed by atoms with van der Waals surface area (Å²) >= 11 is 5.58. The standard InChI is InChI=1S/C11H21ClO3/c1-3-15-9-7-10(11(13)14-2)6-4-5-8-12/h10H,3-9H2,1-2H3. The van der Waals surface area contributed by atoms with Crippen molar-refractivity contribution in [3.05, 3.63) is 0 Å². The van der Waals surface area contributed by atoms with Crippen molar-refractivity contribution in [3.8, 4) is 0 Å². The molecule has 0 aromatic rings. The molecule has 0 aliphatic carbocycles. The van der Waals surface area contributed by atoms with Gasteiger partial charge in [0.25, 0.3) is 0 Å². The van der Waals surface area contributed by atoms with Gasteiger partial charge in [-0.15, -0.1) is 11.6 Å². The van der Waals surface area contributed by atoms with Crippen LogP contribution in [0.3, 0.4) is 0 Å². The van der Waals surface area contributed by atoms with Gasteiger partial charge >= 0.3 is 5.97 Å². The Hall–Kier alpha value is -0.280. The molecule has 0 saturated heterocycles. The zero-order valence-corrected chi connectivity index (χ0v) is 10.4. The first-order valence-electron chi connectivity index (χ1n) is 5.47. The van der Waals surface area contributed by atoms with Crippen molar-refractivity contribution in [1.29, 1.82) is 0 Å². The smallest absolute Gasteiger partial charge is 0.308 e. The maximum Gasteiger partial charge on any atom is 0.308 e. The maximum absolute atomic E-state index is 11.4. The van der Waals surface area contributed by atoms with Crippen LogP contribution in [-0.2, 0) is 14.3 Å². The Morgan fingerprint density at radius 1 is 1.33 bits per heavy atom. The van der Waals surface area contributed by atoms with E-state index in [-0.39, 0.29) is 11.9 Å². The Kier molecular flexibility index (Phi) is 10.1. The van der Waals surface area contributed by atoms with Crippen molar-refractivity contribution >= 4 is 17.6 Å². The molecule has 0 N–H and O–H groups in total. The van der Waals surface area contributed by atoms with E-state index in [0.717, 1.165) is 25.7 Å². The van der Waals surface area contributed by atoms with Gasteiger partial charge in [0.1, 0.15) is 0 Å². The Morgan fingerprint density at radius 3 is 2.60 bits per heavy atom. The molecule has 90 valence electrons. The van der Waals surface area contributed by atoms with E-state index in [0.29, 0.717) is 19.1 Å². The number of hydrogen-bond acceptors (Lipinski definition) is 3. The van der Waals surface area contributed by atoms with E-state index in [2.05, 4.69) is 0 Å². The highest BCUT2D eigenvalue weighted by molar-refractivity contribution is 6.17. The SMILES string of the molecule is CCOCCC(CCCCCl)C(=O)OC. The fraction of sp³-hybridized carbons (Fsp3) is 0.909. The van der Waals surface area contributed by atoms with E-state index in [9.17, 15) is 4.79 Å². The summed E-state index contributed by atoms with van der Waals surface area (Å²) in [6.45, 7) is 3.26. The number of carbonyl (C=O) groups excluding carboxylic acids is 1. The second-order valence-electron chi connectivity index (χ2n) is 3.39. The first-order chi connectivity index (χ1) is 7.26. The lowest BCUT2D eigenvalue weighted by atomic mass is 9.99. The van der Waals surface area contributed by atoms with Gasteiger partial charge in [-0.2, -0.15) is 0 Å². The van der Waals surface area contributed by atoms with Crippen LogP contribution in [0.5, 0.6) is 0 Å². The quantitative estimate of drug-likeness (QED) is 0.351. The van der Waals surface area contributed by atoms with Gasteiger partial charge in [0.2, 0.25) is 0 Å². The zero-order valence-electron chi connectivity index (χ0n) is 9.63. The highest BCUT2D eigenvalue weighted by Crippen LogP contribution is 2.15. The van der Waals surface area contributed by atoms with Crippen LogP contribution in [-0.4, -0.2) is 32.2 Å². The van der Waals surface area contributed by atoms with Crippen molar-refractivity contribution in [2.45, 2.75) is 32.6 Å². The number of ether oxygens (including phenoxy) is 2. The molecule has 1 unspecified atom stereocenters. The summed E-state index contributed by atoms with van der Waals surface area (Å²) in [5, 5.41) is 0. The van der Waals surface area contributed by atoms with Crippen LogP contribution in [0.25, 0.3) is 0 Å². The molecule has 0 aromatic heterocycles. The van der Waals surface area contributed by atoms with Gasteiger partial charge in [-0.3, -0.25) is 4.79 Å². The molecule has 15 heavy (non-hydrogen) atoms. The van der Waals surface area contributed by atoms with Crippen LogP contribution in [0.4, 0.5) is 0 Å². The first kappa shape index (κ1) is 14.7. The lowest BCUT2D eigenvalue weighted by Gasteiger charge is -2.13. The van der Waals surface area contributed by atoms with Gasteiger partial charge < -0.3 is 9.47 Å². The molecular formula is C11H21ClO3. The highest BCUT2D eigenvalue weighted by atomic mass is 35.5. The molecule has 4 heteroatoms. The molecule has 0 bridgehead atoms. The maximum atomic E-state index is 11.4. The summed E-state index contributed by atoms with van der Waals surface area (Å²) in [7, 11) is 1.43. The molecule has 1 atom stereocenters. The van der Waals surface area contributed by atoms with Crippen molar-refractivity contribution in [2.75, 3.05) is 26.2 Å². The highest BCUT2D eigenvalue weighted by Gasteiger charge is 2.18. The number of methoxy groups -OCH3 is 1. The third kappa shape index (κ3) is 7.63. The van der Waals surface area contributed by atoms with Gasteiger partial charge in [0, 0.05) is 19.1 Å². The second kappa shape index (κ2) is 10.2. The number of carbonyl (C=O) groups is 1. The van der Waals surface area contributed by atoms with Gasteiger partial charge in [-0.25, -0.2) is 0 Å². The monoisotopic (exact) mass is 236 g/mol. The third-order valence-corrected chi connectivity index (χ3v) is 2.55. The molecule has 0 rings (SSSR count). The Bertz CT molecular complexity index is 152. The fourth-order valence-electron chi connectivity index (χ4n) is 1.40. The molecule has 0 aromatic carbocycles. The zero-order chi connectivity index (χ0) is 11.5. The number of alkyl halides is 1. The summed E-state index contributed by atoms with van der Waals surface area (Å²) in [5.74, 6) is 0.480. The average Bonchev–Trinajstić information content (AvgIpc) is 2.26. The summed E-state index contributed by atoms with van der Waals surface area (Å²) in [6.07, 6.45) is 3.49. The van der Waals surface area contributed by atoms with E-state index in [1.54, 1.807) is 0 Å². The molecular weight excluding hydrogens is 216 g/mol. The molecule has 0 heterocycles. The molecule has 0 radical (unpaired) electrons. The van der Waals surface area contributed by atoms with Gasteiger partial charge in [0.15, 0.2) is 0 Å². The van der Waals surface area contributed by atoms with Gasteiger partial charge in [-0.05, 0) is 26.2 Å². The van der Waals surface area contributed by atoms with Gasteiger partial charge in [0.05, 0.1) is 13.0 Å². The van der Waals surface area contributed by atoms with E-state index in [1.807, 2.05) is 6.92 Å². The minimum atomic E-state index is -0.135. The predicted molar refractivity (Wildman–Crippen MR) is 61.2 cm³/mol. The van der Waals surface area contributed by atoms with Crippen molar-refractivity contribution in [1.82, 2.24) is 0 Å². The average molecular weight is 237 g/mol. The second-order valence-corrected chi connectivity index (χ2v) is 3.77. The minimum Gasteiger partial charge on any atom is -0.469 e. The molecule has 0 spiro atoms. The number of rotatable bonds is 9. The largest absolute Gasteiger partial charge is 0.469 e. The Balaban J connectivity index is 3.79. The number of unbranched alkanes of at least 4 members (excludes halogenated alkanes) is 1. The summed E-state index contributed by atoms with van der Waals surface area (Å²) in [5.41, 5.74) is 0. The van der Waals surface area contributed by atoms with Gasteiger partial charge in [-0.1, -0.05) is 6.42 Å². The number of halogens is 1. The minimum absolute atomic E-state index is 0.0373.